The van der Waals surface area contributed by atoms with Crippen LogP contribution in [0.1, 0.15) is 12.8 Å². The van der Waals surface area contributed by atoms with Crippen molar-refractivity contribution in [2.75, 3.05) is 31.3 Å². The maximum Gasteiger partial charge on any atom is 0.129 e. The summed E-state index contributed by atoms with van der Waals surface area (Å²) in [5, 5.41) is 4.46. The normalized spacial score (nSPS) is 21.1. The molecule has 0 saturated carbocycles. The largest absolute Gasteiger partial charge is 0.355 e. The van der Waals surface area contributed by atoms with E-state index < -0.39 is 0 Å². The Morgan fingerprint density at radius 1 is 1.50 bits per heavy atom. The third-order valence-electron chi connectivity index (χ3n) is 3.07. The first-order chi connectivity index (χ1) is 7.83. The lowest BCUT2D eigenvalue weighted by Gasteiger charge is -2.33. The number of likely N-dealkylation sites (N-methyl/N-ethyl adjacent to an activating group) is 1. The van der Waals surface area contributed by atoms with Crippen LogP contribution in [0, 0.1) is 0 Å². The van der Waals surface area contributed by atoms with Gasteiger partial charge in [0.1, 0.15) is 5.82 Å². The fraction of sp³-hybridized carbons (Fsp3) is 0.583. The van der Waals surface area contributed by atoms with Gasteiger partial charge in [0.2, 0.25) is 0 Å². The van der Waals surface area contributed by atoms with Crippen LogP contribution >= 0.6 is 11.8 Å². The lowest BCUT2D eigenvalue weighted by atomic mass is 10.1. The lowest BCUT2D eigenvalue weighted by Crippen LogP contribution is -2.44. The minimum Gasteiger partial charge on any atom is -0.355 e. The number of pyridine rings is 1. The van der Waals surface area contributed by atoms with Gasteiger partial charge in [0.15, 0.2) is 0 Å². The Labute approximate surface area is 102 Å². The standard InChI is InChI=1S/C12H19N3S/c1-13-10-5-4-8-15(9-10)11-6-3-7-12(14-11)16-2/h3,6-7,10,13H,4-5,8-9H2,1-2H3/t10-/m0/s1. The number of anilines is 1. The summed E-state index contributed by atoms with van der Waals surface area (Å²) < 4.78 is 0. The van der Waals surface area contributed by atoms with E-state index in [0.29, 0.717) is 6.04 Å². The molecule has 1 aliphatic rings. The molecular weight excluding hydrogens is 218 g/mol. The first-order valence-corrected chi connectivity index (χ1v) is 6.99. The van der Waals surface area contributed by atoms with Crippen molar-refractivity contribution in [2.45, 2.75) is 23.9 Å². The monoisotopic (exact) mass is 237 g/mol. The van der Waals surface area contributed by atoms with Crippen LogP contribution < -0.4 is 10.2 Å². The van der Waals surface area contributed by atoms with E-state index in [1.807, 2.05) is 7.05 Å². The fourth-order valence-corrected chi connectivity index (χ4v) is 2.51. The maximum atomic E-state index is 4.64. The zero-order valence-corrected chi connectivity index (χ0v) is 10.8. The molecule has 0 spiro atoms. The highest BCUT2D eigenvalue weighted by atomic mass is 32.2. The van der Waals surface area contributed by atoms with Gasteiger partial charge in [-0.3, -0.25) is 0 Å². The number of nitrogens with zero attached hydrogens (tertiary/aromatic N) is 2. The predicted molar refractivity (Wildman–Crippen MR) is 70.3 cm³/mol. The third-order valence-corrected chi connectivity index (χ3v) is 3.72. The van der Waals surface area contributed by atoms with Gasteiger partial charge >= 0.3 is 0 Å². The predicted octanol–water partition coefficient (Wildman–Crippen LogP) is 1.99. The molecule has 1 aromatic heterocycles. The van der Waals surface area contributed by atoms with Crippen LogP contribution in [-0.2, 0) is 0 Å². The molecule has 1 atom stereocenters. The average molecular weight is 237 g/mol. The summed E-state index contributed by atoms with van der Waals surface area (Å²) in [7, 11) is 2.04. The molecule has 0 amide bonds. The van der Waals surface area contributed by atoms with Crippen molar-refractivity contribution < 1.29 is 0 Å². The van der Waals surface area contributed by atoms with E-state index in [-0.39, 0.29) is 0 Å². The number of rotatable bonds is 3. The van der Waals surface area contributed by atoms with E-state index in [1.165, 1.54) is 12.8 Å². The molecule has 4 heteroatoms. The average Bonchev–Trinajstić information content (AvgIpc) is 2.39. The van der Waals surface area contributed by atoms with Crippen molar-refractivity contribution in [1.29, 1.82) is 0 Å². The lowest BCUT2D eigenvalue weighted by molar-refractivity contribution is 0.447. The number of nitrogens with one attached hydrogen (secondary N) is 1. The van der Waals surface area contributed by atoms with Gasteiger partial charge in [0.05, 0.1) is 5.03 Å². The summed E-state index contributed by atoms with van der Waals surface area (Å²) in [5.74, 6) is 1.12. The second kappa shape index (κ2) is 5.55. The van der Waals surface area contributed by atoms with Gasteiger partial charge in [-0.1, -0.05) is 6.07 Å². The van der Waals surface area contributed by atoms with Gasteiger partial charge in [0, 0.05) is 19.1 Å². The smallest absolute Gasteiger partial charge is 0.129 e. The molecule has 1 aromatic rings. The second-order valence-electron chi connectivity index (χ2n) is 4.11. The molecule has 0 aliphatic carbocycles. The molecular formula is C12H19N3S. The Balaban J connectivity index is 2.10. The SMILES string of the molecule is CN[C@H]1CCCN(c2cccc(SC)n2)C1. The number of aromatic nitrogens is 1. The van der Waals surface area contributed by atoms with Crippen molar-refractivity contribution in [2.24, 2.45) is 0 Å². The van der Waals surface area contributed by atoms with Crippen molar-refractivity contribution >= 4 is 17.6 Å². The van der Waals surface area contributed by atoms with Crippen molar-refractivity contribution in [3.8, 4) is 0 Å². The van der Waals surface area contributed by atoms with Gasteiger partial charge in [-0.05, 0) is 38.3 Å². The van der Waals surface area contributed by atoms with Gasteiger partial charge in [-0.25, -0.2) is 4.98 Å². The van der Waals surface area contributed by atoms with Crippen LogP contribution in [0.4, 0.5) is 5.82 Å². The summed E-state index contributed by atoms with van der Waals surface area (Å²) >= 11 is 1.70. The van der Waals surface area contributed by atoms with Crippen LogP contribution in [0.25, 0.3) is 0 Å². The molecule has 1 aliphatic heterocycles. The third kappa shape index (κ3) is 2.68. The number of thioether (sulfide) groups is 1. The molecule has 3 nitrogen and oxygen atoms in total. The van der Waals surface area contributed by atoms with E-state index in [9.17, 15) is 0 Å². The highest BCUT2D eigenvalue weighted by Gasteiger charge is 2.19. The van der Waals surface area contributed by atoms with E-state index in [0.717, 1.165) is 23.9 Å². The maximum absolute atomic E-state index is 4.64. The summed E-state index contributed by atoms with van der Waals surface area (Å²) in [6, 6.07) is 6.87. The summed E-state index contributed by atoms with van der Waals surface area (Å²) in [5.41, 5.74) is 0. The molecule has 1 N–H and O–H groups in total. The highest BCUT2D eigenvalue weighted by molar-refractivity contribution is 7.98. The Hall–Kier alpha value is -0.740. The number of piperidine rings is 1. The molecule has 1 saturated heterocycles. The van der Waals surface area contributed by atoms with Gasteiger partial charge in [0.25, 0.3) is 0 Å². The summed E-state index contributed by atoms with van der Waals surface area (Å²) in [6.45, 7) is 2.20. The van der Waals surface area contributed by atoms with E-state index in [1.54, 1.807) is 11.8 Å². The molecule has 88 valence electrons. The molecule has 0 unspecified atom stereocenters. The Morgan fingerprint density at radius 3 is 3.12 bits per heavy atom. The van der Waals surface area contributed by atoms with Crippen molar-refractivity contribution in [1.82, 2.24) is 10.3 Å². The van der Waals surface area contributed by atoms with Crippen molar-refractivity contribution in [3.63, 3.8) is 0 Å². The van der Waals surface area contributed by atoms with Crippen LogP contribution in [0.3, 0.4) is 0 Å². The molecule has 16 heavy (non-hydrogen) atoms. The van der Waals surface area contributed by atoms with Gasteiger partial charge in [-0.2, -0.15) is 0 Å². The second-order valence-corrected chi connectivity index (χ2v) is 4.94. The van der Waals surface area contributed by atoms with E-state index in [4.69, 9.17) is 0 Å². The van der Waals surface area contributed by atoms with Gasteiger partial charge < -0.3 is 10.2 Å². The molecule has 2 heterocycles. The Bertz CT molecular complexity index is 343. The number of hydrogen-bond acceptors (Lipinski definition) is 4. The van der Waals surface area contributed by atoms with Crippen LogP contribution in [-0.4, -0.2) is 37.4 Å². The zero-order valence-electron chi connectivity index (χ0n) is 9.94. The van der Waals surface area contributed by atoms with E-state index >= 15 is 0 Å². The van der Waals surface area contributed by atoms with Crippen LogP contribution in [0.2, 0.25) is 0 Å². The number of hydrogen-bond donors (Lipinski definition) is 1. The molecule has 0 radical (unpaired) electrons. The van der Waals surface area contributed by atoms with Crippen LogP contribution in [0.15, 0.2) is 23.2 Å². The minimum absolute atomic E-state index is 0.605. The molecule has 0 aromatic carbocycles. The van der Waals surface area contributed by atoms with Gasteiger partial charge in [-0.15, -0.1) is 11.8 Å². The first kappa shape index (κ1) is 11.7. The molecule has 0 bridgehead atoms. The topological polar surface area (TPSA) is 28.2 Å². The minimum atomic E-state index is 0.605. The Morgan fingerprint density at radius 2 is 2.38 bits per heavy atom. The zero-order chi connectivity index (χ0) is 11.4. The Kier molecular flexibility index (Phi) is 4.07. The van der Waals surface area contributed by atoms with Crippen LogP contribution in [0.5, 0.6) is 0 Å². The highest BCUT2D eigenvalue weighted by Crippen LogP contribution is 2.20. The van der Waals surface area contributed by atoms with Crippen molar-refractivity contribution in [3.05, 3.63) is 18.2 Å². The fourth-order valence-electron chi connectivity index (χ4n) is 2.11. The molecule has 2 rings (SSSR count). The first-order valence-electron chi connectivity index (χ1n) is 5.76. The summed E-state index contributed by atoms with van der Waals surface area (Å²) in [6.07, 6.45) is 4.59. The molecule has 1 fully saturated rings. The summed E-state index contributed by atoms with van der Waals surface area (Å²) in [4.78, 5) is 7.02. The van der Waals surface area contributed by atoms with E-state index in [2.05, 4.69) is 39.7 Å². The quantitative estimate of drug-likeness (QED) is 0.814.